The molecule has 0 aliphatic carbocycles. The van der Waals surface area contributed by atoms with Crippen LogP contribution in [-0.4, -0.2) is 47.1 Å². The van der Waals surface area contributed by atoms with E-state index in [4.69, 9.17) is 9.47 Å². The molecule has 0 saturated heterocycles. The van der Waals surface area contributed by atoms with Crippen molar-refractivity contribution in [3.63, 3.8) is 0 Å². The van der Waals surface area contributed by atoms with Gasteiger partial charge in [-0.3, -0.25) is 0 Å². The molecule has 1 unspecified atom stereocenters. The van der Waals surface area contributed by atoms with E-state index in [-0.39, 0.29) is 0 Å². The average molecular weight is 280 g/mol. The molecule has 20 heavy (non-hydrogen) atoms. The van der Waals surface area contributed by atoms with E-state index in [2.05, 4.69) is 49.3 Å². The van der Waals surface area contributed by atoms with Gasteiger partial charge < -0.3 is 19.7 Å². The summed E-state index contributed by atoms with van der Waals surface area (Å²) in [6, 6.07) is 6.93. The first kappa shape index (κ1) is 17.0. The van der Waals surface area contributed by atoms with Crippen LogP contribution in [0.25, 0.3) is 0 Å². The van der Waals surface area contributed by atoms with Crippen molar-refractivity contribution in [2.45, 2.75) is 26.4 Å². The zero-order valence-corrected chi connectivity index (χ0v) is 13.4. The van der Waals surface area contributed by atoms with E-state index in [1.54, 1.807) is 14.2 Å². The molecule has 0 amide bonds. The fraction of sp³-hybridized carbons (Fsp3) is 0.625. The lowest BCUT2D eigenvalue weighted by atomic mass is 10.1. The molecule has 0 saturated carbocycles. The summed E-state index contributed by atoms with van der Waals surface area (Å²) in [5.74, 6) is 0. The summed E-state index contributed by atoms with van der Waals surface area (Å²) in [7, 11) is 5.58. The van der Waals surface area contributed by atoms with Gasteiger partial charge in [-0.15, -0.1) is 0 Å². The zero-order valence-electron chi connectivity index (χ0n) is 13.4. The maximum absolute atomic E-state index is 5.25. The molecule has 0 bridgehead atoms. The van der Waals surface area contributed by atoms with Gasteiger partial charge >= 0.3 is 0 Å². The topological polar surface area (TPSA) is 33.7 Å². The number of methoxy groups -OCH3 is 2. The Labute approximate surface area is 123 Å². The molecule has 1 atom stereocenters. The van der Waals surface area contributed by atoms with Crippen molar-refractivity contribution in [3.05, 3.63) is 29.3 Å². The van der Waals surface area contributed by atoms with Crippen LogP contribution >= 0.6 is 0 Å². The highest BCUT2D eigenvalue weighted by atomic mass is 16.5. The minimum atomic E-state index is 0.348. The van der Waals surface area contributed by atoms with Crippen molar-refractivity contribution >= 4 is 5.69 Å². The van der Waals surface area contributed by atoms with E-state index in [0.717, 1.165) is 26.3 Å². The first-order valence-corrected chi connectivity index (χ1v) is 7.11. The van der Waals surface area contributed by atoms with Gasteiger partial charge in [0, 0.05) is 46.1 Å². The third-order valence-corrected chi connectivity index (χ3v) is 3.48. The van der Waals surface area contributed by atoms with Crippen LogP contribution in [0, 0.1) is 6.92 Å². The number of aryl methyl sites for hydroxylation is 1. The average Bonchev–Trinajstić information content (AvgIpc) is 2.43. The molecule has 0 aliphatic rings. The molecule has 1 aromatic carbocycles. The van der Waals surface area contributed by atoms with Crippen LogP contribution in [0.15, 0.2) is 18.2 Å². The Morgan fingerprint density at radius 2 is 2.00 bits per heavy atom. The van der Waals surface area contributed by atoms with E-state index in [0.29, 0.717) is 6.04 Å². The number of rotatable bonds is 9. The molecule has 1 rings (SSSR count). The number of hydrogen-bond acceptors (Lipinski definition) is 4. The highest BCUT2D eigenvalue weighted by Gasteiger charge is 2.13. The summed E-state index contributed by atoms with van der Waals surface area (Å²) in [5.41, 5.74) is 3.85. The molecule has 0 aromatic heterocycles. The quantitative estimate of drug-likeness (QED) is 0.703. The van der Waals surface area contributed by atoms with Crippen LogP contribution in [0.4, 0.5) is 5.69 Å². The lowest BCUT2D eigenvalue weighted by Gasteiger charge is -2.29. The highest BCUT2D eigenvalue weighted by Crippen LogP contribution is 2.22. The lowest BCUT2D eigenvalue weighted by Crippen LogP contribution is -2.33. The zero-order chi connectivity index (χ0) is 15.0. The highest BCUT2D eigenvalue weighted by molar-refractivity contribution is 5.55. The Hall–Kier alpha value is -1.10. The monoisotopic (exact) mass is 280 g/mol. The van der Waals surface area contributed by atoms with Crippen LogP contribution in [0.2, 0.25) is 0 Å². The minimum absolute atomic E-state index is 0.348. The van der Waals surface area contributed by atoms with Crippen molar-refractivity contribution in [1.29, 1.82) is 0 Å². The Morgan fingerprint density at radius 3 is 2.65 bits per heavy atom. The minimum Gasteiger partial charge on any atom is -0.383 e. The summed E-state index contributed by atoms with van der Waals surface area (Å²) in [6.45, 7) is 7.47. The van der Waals surface area contributed by atoms with Gasteiger partial charge in [-0.05, 0) is 25.5 Å². The number of ether oxygens (including phenoxy) is 2. The van der Waals surface area contributed by atoms with Gasteiger partial charge in [0.1, 0.15) is 0 Å². The first-order chi connectivity index (χ1) is 9.60. The van der Waals surface area contributed by atoms with Gasteiger partial charge in [0.05, 0.1) is 13.2 Å². The summed E-state index contributed by atoms with van der Waals surface area (Å²) in [4.78, 5) is 2.27. The smallest absolute Gasteiger partial charge is 0.0663 e. The molecule has 1 N–H and O–H groups in total. The van der Waals surface area contributed by atoms with Crippen LogP contribution < -0.4 is 10.2 Å². The number of nitrogens with one attached hydrogen (secondary N) is 1. The van der Waals surface area contributed by atoms with E-state index in [9.17, 15) is 0 Å². The summed E-state index contributed by atoms with van der Waals surface area (Å²) in [6.07, 6.45) is 0. The molecule has 0 radical (unpaired) electrons. The SMILES string of the molecule is COCCNCc1cc(C)ccc1N(C)C(C)COC. The third-order valence-electron chi connectivity index (χ3n) is 3.48. The fourth-order valence-electron chi connectivity index (χ4n) is 2.19. The molecule has 0 aliphatic heterocycles. The van der Waals surface area contributed by atoms with Gasteiger partial charge in [-0.1, -0.05) is 17.7 Å². The van der Waals surface area contributed by atoms with Crippen molar-refractivity contribution < 1.29 is 9.47 Å². The third kappa shape index (κ3) is 5.12. The van der Waals surface area contributed by atoms with Crippen molar-refractivity contribution in [1.82, 2.24) is 5.32 Å². The van der Waals surface area contributed by atoms with E-state index in [1.807, 2.05) is 0 Å². The second-order valence-electron chi connectivity index (χ2n) is 5.22. The molecule has 4 nitrogen and oxygen atoms in total. The standard InChI is InChI=1S/C16H28N2O2/c1-13-6-7-16(18(3)14(2)12-20-5)15(10-13)11-17-8-9-19-4/h6-7,10,14,17H,8-9,11-12H2,1-5H3. The number of likely N-dealkylation sites (N-methyl/N-ethyl adjacent to an activating group) is 1. The molecule has 0 spiro atoms. The Balaban J connectivity index is 2.78. The van der Waals surface area contributed by atoms with E-state index in [1.165, 1.54) is 16.8 Å². The molecular formula is C16H28N2O2. The molecule has 114 valence electrons. The van der Waals surface area contributed by atoms with Gasteiger partial charge in [-0.25, -0.2) is 0 Å². The number of benzene rings is 1. The van der Waals surface area contributed by atoms with Crippen LogP contribution in [0.1, 0.15) is 18.1 Å². The van der Waals surface area contributed by atoms with Crippen LogP contribution in [0.5, 0.6) is 0 Å². The van der Waals surface area contributed by atoms with Gasteiger partial charge in [0.15, 0.2) is 0 Å². The predicted octanol–water partition coefficient (Wildman–Crippen LogP) is 2.20. The summed E-state index contributed by atoms with van der Waals surface area (Å²) in [5, 5.41) is 3.41. The summed E-state index contributed by atoms with van der Waals surface area (Å²) < 4.78 is 10.3. The van der Waals surface area contributed by atoms with Crippen LogP contribution in [-0.2, 0) is 16.0 Å². The number of nitrogens with zero attached hydrogens (tertiary/aromatic N) is 1. The van der Waals surface area contributed by atoms with Gasteiger partial charge in [0.2, 0.25) is 0 Å². The largest absolute Gasteiger partial charge is 0.383 e. The lowest BCUT2D eigenvalue weighted by molar-refractivity contribution is 0.183. The molecular weight excluding hydrogens is 252 g/mol. The Kier molecular flexibility index (Phi) is 7.59. The van der Waals surface area contributed by atoms with Crippen LogP contribution in [0.3, 0.4) is 0 Å². The normalized spacial score (nSPS) is 12.4. The molecule has 1 aromatic rings. The Bertz CT molecular complexity index is 396. The number of hydrogen-bond donors (Lipinski definition) is 1. The summed E-state index contributed by atoms with van der Waals surface area (Å²) >= 11 is 0. The maximum atomic E-state index is 5.25. The maximum Gasteiger partial charge on any atom is 0.0663 e. The first-order valence-electron chi connectivity index (χ1n) is 7.11. The van der Waals surface area contributed by atoms with Crippen molar-refractivity contribution in [2.75, 3.05) is 45.9 Å². The predicted molar refractivity (Wildman–Crippen MR) is 84.5 cm³/mol. The molecule has 4 heteroatoms. The second kappa shape index (κ2) is 8.95. The second-order valence-corrected chi connectivity index (χ2v) is 5.22. The van der Waals surface area contributed by atoms with Crippen molar-refractivity contribution in [3.8, 4) is 0 Å². The fourth-order valence-corrected chi connectivity index (χ4v) is 2.19. The molecule has 0 fully saturated rings. The van der Waals surface area contributed by atoms with Gasteiger partial charge in [-0.2, -0.15) is 0 Å². The van der Waals surface area contributed by atoms with E-state index < -0.39 is 0 Å². The van der Waals surface area contributed by atoms with Crippen molar-refractivity contribution in [2.24, 2.45) is 0 Å². The van der Waals surface area contributed by atoms with E-state index >= 15 is 0 Å². The van der Waals surface area contributed by atoms with Gasteiger partial charge in [0.25, 0.3) is 0 Å². The number of anilines is 1. The Morgan fingerprint density at radius 1 is 1.25 bits per heavy atom. The molecule has 0 heterocycles.